The van der Waals surface area contributed by atoms with Crippen LogP contribution in [0.5, 0.6) is 0 Å². The average molecular weight is 298 g/mol. The van der Waals surface area contributed by atoms with Gasteiger partial charge in [0.2, 0.25) is 0 Å². The highest BCUT2D eigenvalue weighted by Crippen LogP contribution is 2.26. The standard InChI is InChI=1S/C18H12N5/c1-2-6-14(7-3-1)17-21-22-18(16-8-4-5-11-20-16)23(17)15-9-12-19-13-10-15/h2-13H. The van der Waals surface area contributed by atoms with Gasteiger partial charge in [0.15, 0.2) is 11.6 Å². The zero-order chi connectivity index (χ0) is 15.5. The van der Waals surface area contributed by atoms with Gasteiger partial charge in [-0.1, -0.05) is 30.3 Å². The van der Waals surface area contributed by atoms with E-state index in [1.807, 2.05) is 59.2 Å². The van der Waals surface area contributed by atoms with Gasteiger partial charge in [0.25, 0.3) is 0 Å². The highest BCUT2D eigenvalue weighted by Gasteiger charge is 2.17. The Hall–Kier alpha value is -3.34. The van der Waals surface area contributed by atoms with Crippen molar-refractivity contribution >= 4 is 0 Å². The predicted octanol–water partition coefficient (Wildman–Crippen LogP) is 3.19. The zero-order valence-corrected chi connectivity index (χ0v) is 12.2. The summed E-state index contributed by atoms with van der Waals surface area (Å²) in [5.74, 6) is 1.45. The van der Waals surface area contributed by atoms with Gasteiger partial charge in [-0.15, -0.1) is 10.2 Å². The molecule has 0 spiro atoms. The summed E-state index contributed by atoms with van der Waals surface area (Å²) in [6, 6.07) is 20.3. The Morgan fingerprint density at radius 3 is 2.30 bits per heavy atom. The van der Waals surface area contributed by atoms with E-state index in [2.05, 4.69) is 26.2 Å². The Bertz CT molecular complexity index is 845. The van der Waals surface area contributed by atoms with Gasteiger partial charge in [0, 0.05) is 24.2 Å². The number of rotatable bonds is 3. The highest BCUT2D eigenvalue weighted by atomic mass is 15.3. The second-order valence-electron chi connectivity index (χ2n) is 4.89. The van der Waals surface area contributed by atoms with E-state index in [0.717, 1.165) is 22.8 Å². The SMILES string of the molecule is [c]1ccc(-c2nnc(-c3ccccn3)n2-c2ccncc2)cc1. The van der Waals surface area contributed by atoms with Crippen molar-refractivity contribution in [2.45, 2.75) is 0 Å². The summed E-state index contributed by atoms with van der Waals surface area (Å²) in [5.41, 5.74) is 2.68. The van der Waals surface area contributed by atoms with E-state index in [1.54, 1.807) is 18.6 Å². The molecule has 0 atom stereocenters. The fourth-order valence-electron chi connectivity index (χ4n) is 2.41. The maximum absolute atomic E-state index is 4.40. The van der Waals surface area contributed by atoms with Gasteiger partial charge < -0.3 is 0 Å². The number of hydrogen-bond donors (Lipinski definition) is 0. The predicted molar refractivity (Wildman–Crippen MR) is 86.7 cm³/mol. The number of nitrogens with zero attached hydrogens (tertiary/aromatic N) is 5. The van der Waals surface area contributed by atoms with Gasteiger partial charge in [-0.05, 0) is 30.3 Å². The molecule has 109 valence electrons. The van der Waals surface area contributed by atoms with E-state index in [1.165, 1.54) is 0 Å². The first-order valence-corrected chi connectivity index (χ1v) is 7.17. The van der Waals surface area contributed by atoms with Crippen molar-refractivity contribution in [3.63, 3.8) is 0 Å². The molecule has 1 aromatic carbocycles. The van der Waals surface area contributed by atoms with Crippen LogP contribution in [0.3, 0.4) is 0 Å². The van der Waals surface area contributed by atoms with Crippen LogP contribution < -0.4 is 0 Å². The fraction of sp³-hybridized carbons (Fsp3) is 0. The summed E-state index contributed by atoms with van der Waals surface area (Å²) in [6.07, 6.45) is 5.25. The van der Waals surface area contributed by atoms with Crippen molar-refractivity contribution in [1.82, 2.24) is 24.7 Å². The van der Waals surface area contributed by atoms with E-state index in [-0.39, 0.29) is 0 Å². The number of hydrogen-bond acceptors (Lipinski definition) is 4. The molecule has 3 aromatic heterocycles. The van der Waals surface area contributed by atoms with E-state index < -0.39 is 0 Å². The molecule has 5 nitrogen and oxygen atoms in total. The first-order chi connectivity index (χ1) is 11.4. The van der Waals surface area contributed by atoms with E-state index in [0.29, 0.717) is 5.82 Å². The third kappa shape index (κ3) is 2.48. The lowest BCUT2D eigenvalue weighted by atomic mass is 10.2. The second kappa shape index (κ2) is 5.81. The molecule has 23 heavy (non-hydrogen) atoms. The van der Waals surface area contributed by atoms with Crippen LogP contribution >= 0.6 is 0 Å². The van der Waals surface area contributed by atoms with Crippen LogP contribution in [0.15, 0.2) is 73.2 Å². The minimum atomic E-state index is 0.694. The molecule has 3 heterocycles. The smallest absolute Gasteiger partial charge is 0.187 e. The van der Waals surface area contributed by atoms with Crippen molar-refractivity contribution in [1.29, 1.82) is 0 Å². The van der Waals surface area contributed by atoms with Gasteiger partial charge in [0.05, 0.1) is 5.69 Å². The Balaban J connectivity index is 1.97. The molecule has 0 aliphatic rings. The van der Waals surface area contributed by atoms with Crippen LogP contribution in [-0.4, -0.2) is 24.7 Å². The Morgan fingerprint density at radius 1 is 0.783 bits per heavy atom. The average Bonchev–Trinajstić information content (AvgIpc) is 3.09. The third-order valence-electron chi connectivity index (χ3n) is 3.45. The topological polar surface area (TPSA) is 56.5 Å². The molecule has 0 saturated heterocycles. The first kappa shape index (κ1) is 13.3. The lowest BCUT2D eigenvalue weighted by molar-refractivity contribution is 1.05. The van der Waals surface area contributed by atoms with Crippen molar-refractivity contribution in [2.24, 2.45) is 0 Å². The van der Waals surface area contributed by atoms with E-state index in [9.17, 15) is 0 Å². The van der Waals surface area contributed by atoms with Crippen molar-refractivity contribution < 1.29 is 0 Å². The summed E-state index contributed by atoms with van der Waals surface area (Å²) in [7, 11) is 0. The van der Waals surface area contributed by atoms with Crippen molar-refractivity contribution in [2.75, 3.05) is 0 Å². The molecule has 4 rings (SSSR count). The molecular formula is C18H12N5. The number of benzene rings is 1. The minimum absolute atomic E-state index is 0.694. The van der Waals surface area contributed by atoms with Crippen LogP contribution in [0.4, 0.5) is 0 Å². The summed E-state index contributed by atoms with van der Waals surface area (Å²) < 4.78 is 1.99. The van der Waals surface area contributed by atoms with Gasteiger partial charge in [-0.2, -0.15) is 0 Å². The van der Waals surface area contributed by atoms with Gasteiger partial charge in [-0.25, -0.2) is 0 Å². The van der Waals surface area contributed by atoms with Crippen LogP contribution in [-0.2, 0) is 0 Å². The molecule has 5 heteroatoms. The van der Waals surface area contributed by atoms with Crippen LogP contribution in [0.2, 0.25) is 0 Å². The Labute approximate surface area is 133 Å². The van der Waals surface area contributed by atoms with Crippen LogP contribution in [0, 0.1) is 6.07 Å². The van der Waals surface area contributed by atoms with E-state index in [4.69, 9.17) is 0 Å². The molecule has 0 amide bonds. The summed E-state index contributed by atoms with van der Waals surface area (Å²) in [4.78, 5) is 8.48. The summed E-state index contributed by atoms with van der Waals surface area (Å²) in [6.45, 7) is 0. The molecule has 0 saturated carbocycles. The summed E-state index contributed by atoms with van der Waals surface area (Å²) >= 11 is 0. The quantitative estimate of drug-likeness (QED) is 0.583. The Morgan fingerprint density at radius 2 is 1.57 bits per heavy atom. The molecule has 4 aromatic rings. The number of pyridine rings is 2. The molecular weight excluding hydrogens is 286 g/mol. The molecule has 0 aliphatic carbocycles. The first-order valence-electron chi connectivity index (χ1n) is 7.17. The van der Waals surface area contributed by atoms with Gasteiger partial charge >= 0.3 is 0 Å². The number of aromatic nitrogens is 5. The molecule has 0 aliphatic heterocycles. The largest absolute Gasteiger partial charge is 0.274 e. The zero-order valence-electron chi connectivity index (χ0n) is 12.2. The van der Waals surface area contributed by atoms with Gasteiger partial charge in [-0.3, -0.25) is 14.5 Å². The molecule has 1 radical (unpaired) electrons. The highest BCUT2D eigenvalue weighted by molar-refractivity contribution is 5.64. The van der Waals surface area contributed by atoms with Crippen LogP contribution in [0.25, 0.3) is 28.6 Å². The monoisotopic (exact) mass is 298 g/mol. The van der Waals surface area contributed by atoms with Crippen molar-refractivity contribution in [3.8, 4) is 28.6 Å². The molecule has 0 fully saturated rings. The normalized spacial score (nSPS) is 10.6. The lowest BCUT2D eigenvalue weighted by Gasteiger charge is -2.09. The summed E-state index contributed by atoms with van der Waals surface area (Å²) in [5, 5.41) is 8.74. The lowest BCUT2D eigenvalue weighted by Crippen LogP contribution is -2.01. The maximum atomic E-state index is 4.40. The molecule has 0 N–H and O–H groups in total. The van der Waals surface area contributed by atoms with Gasteiger partial charge in [0.1, 0.15) is 5.69 Å². The minimum Gasteiger partial charge on any atom is -0.274 e. The maximum Gasteiger partial charge on any atom is 0.187 e. The van der Waals surface area contributed by atoms with Crippen molar-refractivity contribution in [3.05, 3.63) is 79.3 Å². The van der Waals surface area contributed by atoms with E-state index >= 15 is 0 Å². The second-order valence-corrected chi connectivity index (χ2v) is 4.89. The fourth-order valence-corrected chi connectivity index (χ4v) is 2.41. The third-order valence-corrected chi connectivity index (χ3v) is 3.45. The Kier molecular flexibility index (Phi) is 3.37. The molecule has 0 bridgehead atoms. The van der Waals surface area contributed by atoms with Crippen LogP contribution in [0.1, 0.15) is 0 Å². The molecule has 0 unspecified atom stereocenters.